The van der Waals surface area contributed by atoms with E-state index >= 15 is 0 Å². The minimum atomic E-state index is -0.0980. The van der Waals surface area contributed by atoms with Crippen molar-refractivity contribution in [3.63, 3.8) is 0 Å². The molecule has 7 rings (SSSR count). The number of carbonyl (C=O) groups excluding carboxylic acids is 1. The van der Waals surface area contributed by atoms with E-state index in [9.17, 15) is 4.79 Å². The van der Waals surface area contributed by atoms with Crippen LogP contribution in [0.4, 0.5) is 5.95 Å². The van der Waals surface area contributed by atoms with Crippen molar-refractivity contribution in [3.05, 3.63) is 53.7 Å². The maximum absolute atomic E-state index is 12.9. The van der Waals surface area contributed by atoms with Gasteiger partial charge in [0.2, 0.25) is 11.9 Å². The van der Waals surface area contributed by atoms with Gasteiger partial charge in [0.1, 0.15) is 23.9 Å². The van der Waals surface area contributed by atoms with Crippen LogP contribution in [0.1, 0.15) is 55.3 Å². The number of ether oxygens (including phenoxy) is 1. The number of benzene rings is 1. The molecule has 2 aliphatic heterocycles. The highest BCUT2D eigenvalue weighted by Gasteiger charge is 2.36. The molecule has 3 aromatic heterocycles. The van der Waals surface area contributed by atoms with Crippen molar-refractivity contribution >= 4 is 22.9 Å². The van der Waals surface area contributed by atoms with Gasteiger partial charge in [0.25, 0.3) is 0 Å². The summed E-state index contributed by atoms with van der Waals surface area (Å²) in [6.45, 7) is 6.04. The largest absolute Gasteiger partial charge is 0.488 e. The van der Waals surface area contributed by atoms with Crippen LogP contribution >= 0.6 is 0 Å². The van der Waals surface area contributed by atoms with Crippen LogP contribution < -0.4 is 9.64 Å². The summed E-state index contributed by atoms with van der Waals surface area (Å²) in [6.07, 6.45) is 6.96. The molecule has 1 saturated carbocycles. The van der Waals surface area contributed by atoms with Gasteiger partial charge >= 0.3 is 0 Å². The minimum absolute atomic E-state index is 0.0980. The number of nitrogens with zero attached hydrogens (tertiary/aromatic N) is 6. The molecule has 1 aliphatic carbocycles. The zero-order valence-corrected chi connectivity index (χ0v) is 22.8. The van der Waals surface area contributed by atoms with Gasteiger partial charge < -0.3 is 19.1 Å². The fraction of sp³-hybridized carbons (Fsp3) is 0.467. The summed E-state index contributed by atoms with van der Waals surface area (Å²) in [6, 6.07) is 10.3. The molecule has 0 N–H and O–H groups in total. The Hall–Kier alpha value is -3.88. The Labute approximate surface area is 227 Å². The molecule has 1 saturated heterocycles. The van der Waals surface area contributed by atoms with Crippen LogP contribution in [-0.2, 0) is 4.79 Å². The topological polar surface area (TPSA) is 89.5 Å². The molecule has 1 amide bonds. The van der Waals surface area contributed by atoms with Gasteiger partial charge in [-0.05, 0) is 63.8 Å². The number of aromatic nitrogens is 4. The molecule has 9 nitrogen and oxygen atoms in total. The lowest BCUT2D eigenvalue weighted by Crippen LogP contribution is -2.48. The van der Waals surface area contributed by atoms with Crippen molar-refractivity contribution < 1.29 is 14.1 Å². The summed E-state index contributed by atoms with van der Waals surface area (Å²) < 4.78 is 14.3. The predicted octanol–water partition coefficient (Wildman–Crippen LogP) is 4.91. The van der Waals surface area contributed by atoms with Crippen LogP contribution in [0.5, 0.6) is 5.75 Å². The lowest BCUT2D eigenvalue weighted by molar-refractivity contribution is -0.139. The Bertz CT molecular complexity index is 1510. The second kappa shape index (κ2) is 9.39. The van der Waals surface area contributed by atoms with Crippen molar-refractivity contribution in [2.24, 2.45) is 5.92 Å². The zero-order valence-electron chi connectivity index (χ0n) is 22.8. The Balaban J connectivity index is 1.28. The summed E-state index contributed by atoms with van der Waals surface area (Å²) in [5.74, 6) is 3.08. The average molecular weight is 527 g/mol. The van der Waals surface area contributed by atoms with Gasteiger partial charge in [-0.2, -0.15) is 0 Å². The first-order valence-electron chi connectivity index (χ1n) is 14.0. The molecule has 1 atom stereocenters. The van der Waals surface area contributed by atoms with Crippen molar-refractivity contribution in [2.75, 3.05) is 31.6 Å². The molecule has 9 heteroatoms. The minimum Gasteiger partial charge on any atom is -0.488 e. The predicted molar refractivity (Wildman–Crippen MR) is 148 cm³/mol. The van der Waals surface area contributed by atoms with E-state index in [2.05, 4.69) is 32.8 Å². The van der Waals surface area contributed by atoms with Crippen molar-refractivity contribution in [3.8, 4) is 16.9 Å². The summed E-state index contributed by atoms with van der Waals surface area (Å²) in [5, 5.41) is 4.18. The number of hydrogen-bond donors (Lipinski definition) is 0. The molecule has 3 aliphatic rings. The van der Waals surface area contributed by atoms with Crippen LogP contribution in [0, 0.1) is 19.8 Å². The second-order valence-electron chi connectivity index (χ2n) is 11.2. The Kier molecular flexibility index (Phi) is 5.82. The average Bonchev–Trinajstić information content (AvgIpc) is 3.49. The Morgan fingerprint density at radius 2 is 1.90 bits per heavy atom. The number of pyridine rings is 1. The van der Waals surface area contributed by atoms with Gasteiger partial charge in [-0.1, -0.05) is 17.6 Å². The van der Waals surface area contributed by atoms with Crippen LogP contribution in [0.3, 0.4) is 0 Å². The fourth-order valence-electron chi connectivity index (χ4n) is 6.48. The molecular formula is C30H34N6O3. The molecule has 0 bridgehead atoms. The van der Waals surface area contributed by atoms with Gasteiger partial charge in [-0.25, -0.2) is 4.98 Å². The zero-order chi connectivity index (χ0) is 26.7. The molecule has 2 fully saturated rings. The monoisotopic (exact) mass is 526 g/mol. The first-order chi connectivity index (χ1) is 19.0. The number of hydrogen-bond acceptors (Lipinski definition) is 7. The van der Waals surface area contributed by atoms with E-state index in [1.165, 1.54) is 6.42 Å². The van der Waals surface area contributed by atoms with Gasteiger partial charge in [0, 0.05) is 43.9 Å². The summed E-state index contributed by atoms with van der Waals surface area (Å²) >= 11 is 0. The van der Waals surface area contributed by atoms with Crippen molar-refractivity contribution in [1.82, 2.24) is 24.6 Å². The van der Waals surface area contributed by atoms with E-state index in [0.29, 0.717) is 12.5 Å². The maximum Gasteiger partial charge on any atom is 0.225 e. The maximum atomic E-state index is 12.9. The first kappa shape index (κ1) is 24.2. The number of rotatable bonds is 5. The number of carbonyl (C=O) groups is 1. The highest BCUT2D eigenvalue weighted by Crippen LogP contribution is 2.46. The molecule has 0 spiro atoms. The Morgan fingerprint density at radius 3 is 2.56 bits per heavy atom. The summed E-state index contributed by atoms with van der Waals surface area (Å²) in [5.41, 5.74) is 5.61. The lowest BCUT2D eigenvalue weighted by Gasteiger charge is -2.40. The molecule has 39 heavy (non-hydrogen) atoms. The van der Waals surface area contributed by atoms with E-state index in [4.69, 9.17) is 19.2 Å². The van der Waals surface area contributed by atoms with E-state index in [1.54, 1.807) is 0 Å². The first-order valence-corrected chi connectivity index (χ1v) is 14.0. The number of piperidine rings is 1. The Morgan fingerprint density at radius 1 is 1.08 bits per heavy atom. The van der Waals surface area contributed by atoms with E-state index in [0.717, 1.165) is 89.8 Å². The second-order valence-corrected chi connectivity index (χ2v) is 11.2. The third-order valence-electron chi connectivity index (χ3n) is 8.91. The van der Waals surface area contributed by atoms with Gasteiger partial charge in [0.05, 0.1) is 22.5 Å². The SMILES string of the molecule is Cc1noc(C)c1-c1ccc2nc(N3CCC(N(C)C(=O)C4CCC4)CC3)n3c2c1OCC3c1ccccn1. The van der Waals surface area contributed by atoms with Crippen LogP contribution in [0.15, 0.2) is 41.1 Å². The third kappa shape index (κ3) is 3.89. The molecule has 5 heterocycles. The van der Waals surface area contributed by atoms with Crippen molar-refractivity contribution in [1.29, 1.82) is 0 Å². The molecule has 4 aromatic rings. The van der Waals surface area contributed by atoms with Gasteiger partial charge in [-0.15, -0.1) is 0 Å². The molecule has 1 unspecified atom stereocenters. The lowest BCUT2D eigenvalue weighted by atomic mass is 9.84. The van der Waals surface area contributed by atoms with Crippen LogP contribution in [0.25, 0.3) is 22.2 Å². The number of imidazole rings is 1. The molecule has 1 aromatic carbocycles. The van der Waals surface area contributed by atoms with E-state index in [-0.39, 0.29) is 18.0 Å². The number of amides is 1. The van der Waals surface area contributed by atoms with Crippen LogP contribution in [-0.4, -0.2) is 63.3 Å². The fourth-order valence-corrected chi connectivity index (χ4v) is 6.48. The molecule has 202 valence electrons. The van der Waals surface area contributed by atoms with Crippen molar-refractivity contribution in [2.45, 2.75) is 58.0 Å². The molecular weight excluding hydrogens is 492 g/mol. The molecule has 0 radical (unpaired) electrons. The van der Waals surface area contributed by atoms with Crippen LogP contribution in [0.2, 0.25) is 0 Å². The third-order valence-corrected chi connectivity index (χ3v) is 8.91. The quantitative estimate of drug-likeness (QED) is 0.365. The summed E-state index contributed by atoms with van der Waals surface area (Å²) in [7, 11) is 1.99. The van der Waals surface area contributed by atoms with Gasteiger partial charge in [0.15, 0.2) is 5.75 Å². The number of aryl methyl sites for hydroxylation is 2. The standard InChI is InChI=1S/C30H34N6O3/c1-18-26(19(2)39-33-18)22-10-11-24-27-28(22)38-17-25(23-9-4-5-14-31-23)36(27)30(32-24)35-15-12-21(13-16-35)34(3)29(37)20-7-6-8-20/h4-5,9-11,14,20-21,25H,6-8,12-13,15-17H2,1-3H3. The normalized spacial score (nSPS) is 19.7. The van der Waals surface area contributed by atoms with E-state index < -0.39 is 0 Å². The smallest absolute Gasteiger partial charge is 0.225 e. The summed E-state index contributed by atoms with van der Waals surface area (Å²) in [4.78, 5) is 27.1. The van der Waals surface area contributed by atoms with E-state index in [1.807, 2.05) is 44.1 Å². The van der Waals surface area contributed by atoms with Gasteiger partial charge in [-0.3, -0.25) is 14.3 Å². The number of anilines is 1. The highest BCUT2D eigenvalue weighted by molar-refractivity contribution is 5.94. The highest BCUT2D eigenvalue weighted by atomic mass is 16.5.